The first-order chi connectivity index (χ1) is 12.0. The topological polar surface area (TPSA) is 69.0 Å². The van der Waals surface area contributed by atoms with E-state index in [0.717, 1.165) is 15.7 Å². The van der Waals surface area contributed by atoms with Crippen molar-refractivity contribution in [1.82, 2.24) is 15.0 Å². The van der Waals surface area contributed by atoms with Crippen LogP contribution in [0.4, 0.5) is 5.69 Å². The molecule has 0 spiro atoms. The third-order valence-electron chi connectivity index (χ3n) is 3.59. The monoisotopic (exact) mass is 400 g/mol. The summed E-state index contributed by atoms with van der Waals surface area (Å²) in [6, 6.07) is 13.1. The fourth-order valence-corrected chi connectivity index (χ4v) is 2.88. The Kier molecular flexibility index (Phi) is 5.14. The number of anilines is 1. The molecule has 25 heavy (non-hydrogen) atoms. The highest BCUT2D eigenvalue weighted by atomic mass is 79.9. The van der Waals surface area contributed by atoms with Gasteiger partial charge in [0.15, 0.2) is 6.10 Å². The highest BCUT2D eigenvalue weighted by molar-refractivity contribution is 9.10. The first-order valence-corrected chi connectivity index (χ1v) is 8.53. The van der Waals surface area contributed by atoms with Gasteiger partial charge in [0.2, 0.25) is 0 Å². The minimum Gasteiger partial charge on any atom is -0.480 e. The van der Waals surface area contributed by atoms with Gasteiger partial charge >= 0.3 is 0 Å². The molecule has 0 saturated carbocycles. The number of amides is 1. The quantitative estimate of drug-likeness (QED) is 0.707. The Hall–Kier alpha value is -2.67. The van der Waals surface area contributed by atoms with E-state index in [9.17, 15) is 4.79 Å². The van der Waals surface area contributed by atoms with E-state index in [-0.39, 0.29) is 5.91 Å². The second-order valence-electron chi connectivity index (χ2n) is 5.55. The predicted molar refractivity (Wildman–Crippen MR) is 99.0 cm³/mol. The minimum absolute atomic E-state index is 0.250. The molecule has 1 atom stereocenters. The van der Waals surface area contributed by atoms with Gasteiger partial charge in [0, 0.05) is 0 Å². The largest absolute Gasteiger partial charge is 0.480 e. The van der Waals surface area contributed by atoms with E-state index in [1.807, 2.05) is 49.4 Å². The summed E-state index contributed by atoms with van der Waals surface area (Å²) in [6.45, 7) is 3.70. The molecule has 0 radical (unpaired) electrons. The van der Waals surface area contributed by atoms with Crippen LogP contribution in [0.1, 0.15) is 12.5 Å². The van der Waals surface area contributed by atoms with E-state index in [0.29, 0.717) is 11.4 Å². The smallest absolute Gasteiger partial charge is 0.265 e. The van der Waals surface area contributed by atoms with Crippen LogP contribution in [0.15, 0.2) is 59.3 Å². The lowest BCUT2D eigenvalue weighted by molar-refractivity contribution is -0.122. The molecule has 1 aromatic heterocycles. The summed E-state index contributed by atoms with van der Waals surface area (Å²) in [5.41, 5.74) is 2.48. The van der Waals surface area contributed by atoms with Crippen molar-refractivity contribution in [1.29, 1.82) is 0 Å². The third-order valence-corrected chi connectivity index (χ3v) is 4.21. The average molecular weight is 401 g/mol. The third kappa shape index (κ3) is 4.06. The Bertz CT molecular complexity index is 881. The van der Waals surface area contributed by atoms with Gasteiger partial charge in [0.05, 0.1) is 28.2 Å². The molecule has 1 unspecified atom stereocenters. The summed E-state index contributed by atoms with van der Waals surface area (Å²) in [5, 5.41) is 10.6. The molecule has 0 saturated heterocycles. The molecular weight excluding hydrogens is 384 g/mol. The number of rotatable bonds is 5. The van der Waals surface area contributed by atoms with Crippen LogP contribution in [-0.4, -0.2) is 27.0 Å². The van der Waals surface area contributed by atoms with Gasteiger partial charge in [-0.1, -0.05) is 23.4 Å². The number of carbonyl (C=O) groups excluding carboxylic acids is 1. The molecule has 128 valence electrons. The lowest BCUT2D eigenvalue weighted by Gasteiger charge is -2.17. The van der Waals surface area contributed by atoms with Gasteiger partial charge in [-0.2, -0.15) is 0 Å². The maximum atomic E-state index is 12.5. The molecule has 1 heterocycles. The number of hydrogen-bond acceptors (Lipinski definition) is 4. The average Bonchev–Trinajstić information content (AvgIpc) is 3.12. The first kappa shape index (κ1) is 17.2. The van der Waals surface area contributed by atoms with Crippen molar-refractivity contribution < 1.29 is 9.53 Å². The first-order valence-electron chi connectivity index (χ1n) is 7.74. The molecule has 1 amide bonds. The molecule has 0 aliphatic heterocycles. The maximum Gasteiger partial charge on any atom is 0.265 e. The Morgan fingerprint density at radius 1 is 1.28 bits per heavy atom. The summed E-state index contributed by atoms with van der Waals surface area (Å²) in [4.78, 5) is 12.5. The van der Waals surface area contributed by atoms with Gasteiger partial charge < -0.3 is 10.1 Å². The highest BCUT2D eigenvalue weighted by Gasteiger charge is 2.18. The number of para-hydroxylation sites is 2. The van der Waals surface area contributed by atoms with E-state index in [1.54, 1.807) is 24.0 Å². The highest BCUT2D eigenvalue weighted by Crippen LogP contribution is 2.27. The van der Waals surface area contributed by atoms with Crippen LogP contribution < -0.4 is 10.1 Å². The Morgan fingerprint density at radius 2 is 2.08 bits per heavy atom. The van der Waals surface area contributed by atoms with Gasteiger partial charge in [0.25, 0.3) is 5.91 Å². The molecule has 7 heteroatoms. The van der Waals surface area contributed by atoms with Crippen molar-refractivity contribution in [2.75, 3.05) is 5.32 Å². The van der Waals surface area contributed by atoms with Crippen LogP contribution in [0.2, 0.25) is 0 Å². The van der Waals surface area contributed by atoms with E-state index < -0.39 is 6.10 Å². The normalized spacial score (nSPS) is 11.8. The fourth-order valence-electron chi connectivity index (χ4n) is 2.30. The van der Waals surface area contributed by atoms with Crippen LogP contribution in [0.3, 0.4) is 0 Å². The second-order valence-corrected chi connectivity index (χ2v) is 6.40. The van der Waals surface area contributed by atoms with Gasteiger partial charge in [-0.05, 0) is 59.6 Å². The van der Waals surface area contributed by atoms with Gasteiger partial charge in [-0.15, -0.1) is 5.10 Å². The Balaban J connectivity index is 1.74. The molecule has 6 nitrogen and oxygen atoms in total. The molecule has 0 aliphatic carbocycles. The van der Waals surface area contributed by atoms with Crippen LogP contribution in [0.5, 0.6) is 5.75 Å². The zero-order chi connectivity index (χ0) is 17.8. The number of ether oxygens (including phenoxy) is 1. The lowest BCUT2D eigenvalue weighted by atomic mass is 10.2. The van der Waals surface area contributed by atoms with E-state index in [2.05, 4.69) is 31.6 Å². The zero-order valence-corrected chi connectivity index (χ0v) is 15.4. The molecule has 1 N–H and O–H groups in total. The number of nitrogens with zero attached hydrogens (tertiary/aromatic N) is 3. The summed E-state index contributed by atoms with van der Waals surface area (Å²) in [7, 11) is 0. The van der Waals surface area contributed by atoms with E-state index >= 15 is 0 Å². The van der Waals surface area contributed by atoms with E-state index in [4.69, 9.17) is 4.74 Å². The molecule has 3 aromatic rings. The molecule has 0 fully saturated rings. The van der Waals surface area contributed by atoms with Gasteiger partial charge in [-0.25, -0.2) is 4.68 Å². The van der Waals surface area contributed by atoms with Crippen molar-refractivity contribution in [3.8, 4) is 11.4 Å². The number of nitrogens with one attached hydrogen (secondary N) is 1. The molecule has 2 aromatic carbocycles. The molecule has 0 bridgehead atoms. The van der Waals surface area contributed by atoms with Crippen LogP contribution >= 0.6 is 15.9 Å². The molecule has 0 aliphatic rings. The SMILES string of the molecule is Cc1ccc(OC(C)C(=O)Nc2ccccc2-n2ccnn2)c(Br)c1. The van der Waals surface area contributed by atoms with Crippen molar-refractivity contribution in [2.45, 2.75) is 20.0 Å². The summed E-state index contributed by atoms with van der Waals surface area (Å²) in [6.07, 6.45) is 2.64. The van der Waals surface area contributed by atoms with Gasteiger partial charge in [0.1, 0.15) is 5.75 Å². The maximum absolute atomic E-state index is 12.5. The Morgan fingerprint density at radius 3 is 2.80 bits per heavy atom. The number of aryl methyl sites for hydroxylation is 1. The van der Waals surface area contributed by atoms with Crippen LogP contribution in [0, 0.1) is 6.92 Å². The summed E-state index contributed by atoms with van der Waals surface area (Å²) < 4.78 is 8.18. The number of aromatic nitrogens is 3. The number of benzene rings is 2. The molecule has 3 rings (SSSR count). The van der Waals surface area contributed by atoms with Gasteiger partial charge in [-0.3, -0.25) is 4.79 Å². The number of halogens is 1. The Labute approximate surface area is 153 Å². The van der Waals surface area contributed by atoms with Crippen molar-refractivity contribution in [3.05, 3.63) is 64.9 Å². The van der Waals surface area contributed by atoms with Crippen molar-refractivity contribution in [2.24, 2.45) is 0 Å². The molecular formula is C18H17BrN4O2. The summed E-state index contributed by atoms with van der Waals surface area (Å²) >= 11 is 3.45. The zero-order valence-electron chi connectivity index (χ0n) is 13.8. The standard InChI is InChI=1S/C18H17BrN4O2/c1-12-7-8-17(14(19)11-12)25-13(2)18(24)21-15-5-3-4-6-16(15)23-10-9-20-22-23/h3-11,13H,1-2H3,(H,21,24). The fraction of sp³-hybridized carbons (Fsp3) is 0.167. The number of carbonyl (C=O) groups is 1. The second kappa shape index (κ2) is 7.48. The van der Waals surface area contributed by atoms with E-state index in [1.165, 1.54) is 0 Å². The van der Waals surface area contributed by atoms with Crippen molar-refractivity contribution >= 4 is 27.5 Å². The minimum atomic E-state index is -0.664. The number of hydrogen-bond donors (Lipinski definition) is 1. The van der Waals surface area contributed by atoms with Crippen molar-refractivity contribution in [3.63, 3.8) is 0 Å². The summed E-state index contributed by atoms with van der Waals surface area (Å²) in [5.74, 6) is 0.373. The van der Waals surface area contributed by atoms with Crippen LogP contribution in [-0.2, 0) is 4.79 Å². The van der Waals surface area contributed by atoms with Crippen LogP contribution in [0.25, 0.3) is 5.69 Å². The predicted octanol–water partition coefficient (Wildman–Crippen LogP) is 3.74. The lowest BCUT2D eigenvalue weighted by Crippen LogP contribution is -2.30.